The Hall–Kier alpha value is -1.71. The van der Waals surface area contributed by atoms with Gasteiger partial charge in [-0.15, -0.1) is 0 Å². The molecule has 0 saturated heterocycles. The van der Waals surface area contributed by atoms with E-state index in [1.54, 1.807) is 7.05 Å². The maximum Gasteiger partial charge on any atom is 0.314 e. The lowest BCUT2D eigenvalue weighted by Crippen LogP contribution is -2.33. The monoisotopic (exact) mass is 222 g/mol. The van der Waals surface area contributed by atoms with Crippen molar-refractivity contribution < 1.29 is 9.53 Å². The first-order valence-corrected chi connectivity index (χ1v) is 5.37. The van der Waals surface area contributed by atoms with Gasteiger partial charge >= 0.3 is 6.03 Å². The molecule has 2 amide bonds. The van der Waals surface area contributed by atoms with Crippen LogP contribution in [0, 0.1) is 6.92 Å². The van der Waals surface area contributed by atoms with Gasteiger partial charge in [0.1, 0.15) is 5.75 Å². The Labute approximate surface area is 96.0 Å². The van der Waals surface area contributed by atoms with Gasteiger partial charge in [-0.2, -0.15) is 0 Å². The summed E-state index contributed by atoms with van der Waals surface area (Å²) in [6.45, 7) is 3.26. The van der Waals surface area contributed by atoms with Crippen molar-refractivity contribution in [2.24, 2.45) is 0 Å². The van der Waals surface area contributed by atoms with Crippen molar-refractivity contribution in [2.75, 3.05) is 20.2 Å². The van der Waals surface area contributed by atoms with Gasteiger partial charge in [-0.25, -0.2) is 4.79 Å². The normalized spacial score (nSPS) is 9.62. The number of hydrogen-bond donors (Lipinski definition) is 2. The number of amides is 2. The number of urea groups is 1. The zero-order chi connectivity index (χ0) is 11.8. The third-order valence-electron chi connectivity index (χ3n) is 2.12. The summed E-state index contributed by atoms with van der Waals surface area (Å²) in [5.41, 5.74) is 1.22. The van der Waals surface area contributed by atoms with Crippen molar-refractivity contribution >= 4 is 6.03 Å². The Balaban J connectivity index is 2.11. The fourth-order valence-corrected chi connectivity index (χ4v) is 1.19. The molecule has 1 rings (SSSR count). The van der Waals surface area contributed by atoms with E-state index in [0.29, 0.717) is 13.2 Å². The SMILES string of the molecule is CNC(=O)NCCCOc1ccc(C)cc1. The summed E-state index contributed by atoms with van der Waals surface area (Å²) in [5.74, 6) is 0.866. The van der Waals surface area contributed by atoms with Crippen LogP contribution in [0.15, 0.2) is 24.3 Å². The third-order valence-corrected chi connectivity index (χ3v) is 2.12. The largest absolute Gasteiger partial charge is 0.494 e. The van der Waals surface area contributed by atoms with Crippen molar-refractivity contribution in [2.45, 2.75) is 13.3 Å². The van der Waals surface area contributed by atoms with E-state index in [1.807, 2.05) is 31.2 Å². The molecule has 2 N–H and O–H groups in total. The molecule has 1 aromatic rings. The molecule has 16 heavy (non-hydrogen) atoms. The van der Waals surface area contributed by atoms with Crippen molar-refractivity contribution in [3.63, 3.8) is 0 Å². The van der Waals surface area contributed by atoms with Crippen LogP contribution >= 0.6 is 0 Å². The van der Waals surface area contributed by atoms with E-state index in [4.69, 9.17) is 4.74 Å². The minimum Gasteiger partial charge on any atom is -0.494 e. The Kier molecular flexibility index (Phi) is 5.19. The summed E-state index contributed by atoms with van der Waals surface area (Å²) in [6.07, 6.45) is 0.793. The molecule has 0 aliphatic rings. The summed E-state index contributed by atoms with van der Waals surface area (Å²) in [5, 5.41) is 5.19. The predicted octanol–water partition coefficient (Wildman–Crippen LogP) is 1.69. The van der Waals surface area contributed by atoms with Crippen molar-refractivity contribution in [3.8, 4) is 5.75 Å². The molecule has 1 aromatic carbocycles. The number of carbonyl (C=O) groups excluding carboxylic acids is 1. The van der Waals surface area contributed by atoms with Crippen LogP contribution in [0.4, 0.5) is 4.79 Å². The minimum atomic E-state index is -0.157. The Morgan fingerprint density at radius 2 is 2.00 bits per heavy atom. The predicted molar refractivity (Wildman–Crippen MR) is 63.7 cm³/mol. The molecule has 0 aliphatic carbocycles. The number of nitrogens with one attached hydrogen (secondary N) is 2. The van der Waals surface area contributed by atoms with Gasteiger partial charge in [-0.1, -0.05) is 17.7 Å². The van der Waals surface area contributed by atoms with E-state index < -0.39 is 0 Å². The van der Waals surface area contributed by atoms with Gasteiger partial charge in [-0.3, -0.25) is 0 Å². The van der Waals surface area contributed by atoms with E-state index in [1.165, 1.54) is 5.56 Å². The smallest absolute Gasteiger partial charge is 0.314 e. The molecule has 4 nitrogen and oxygen atoms in total. The first-order chi connectivity index (χ1) is 7.72. The summed E-state index contributed by atoms with van der Waals surface area (Å²) in [7, 11) is 1.60. The van der Waals surface area contributed by atoms with Crippen LogP contribution in [0.2, 0.25) is 0 Å². The average Bonchev–Trinajstić information content (AvgIpc) is 2.31. The molecule has 0 spiro atoms. The van der Waals surface area contributed by atoms with Crippen LogP contribution in [0.1, 0.15) is 12.0 Å². The molecule has 0 atom stereocenters. The fraction of sp³-hybridized carbons (Fsp3) is 0.417. The molecule has 88 valence electrons. The summed E-state index contributed by atoms with van der Waals surface area (Å²) in [4.78, 5) is 10.8. The highest BCUT2D eigenvalue weighted by molar-refractivity contribution is 5.73. The summed E-state index contributed by atoms with van der Waals surface area (Å²) in [6, 6.07) is 7.76. The van der Waals surface area contributed by atoms with E-state index in [0.717, 1.165) is 12.2 Å². The van der Waals surface area contributed by atoms with E-state index in [9.17, 15) is 4.79 Å². The van der Waals surface area contributed by atoms with Crippen LogP contribution in [0.25, 0.3) is 0 Å². The molecular formula is C12H18N2O2. The highest BCUT2D eigenvalue weighted by Gasteiger charge is 1.95. The van der Waals surface area contributed by atoms with Crippen molar-refractivity contribution in [3.05, 3.63) is 29.8 Å². The minimum absolute atomic E-state index is 0.157. The summed E-state index contributed by atoms with van der Waals surface area (Å²) >= 11 is 0. The van der Waals surface area contributed by atoms with Gasteiger partial charge < -0.3 is 15.4 Å². The zero-order valence-electron chi connectivity index (χ0n) is 9.75. The molecule has 0 bridgehead atoms. The summed E-state index contributed by atoms with van der Waals surface area (Å²) < 4.78 is 5.50. The maximum absolute atomic E-state index is 10.8. The molecule has 0 heterocycles. The van der Waals surface area contributed by atoms with E-state index >= 15 is 0 Å². The molecule has 0 unspecified atom stereocenters. The lowest BCUT2D eigenvalue weighted by molar-refractivity contribution is 0.241. The second-order valence-electron chi connectivity index (χ2n) is 3.52. The first-order valence-electron chi connectivity index (χ1n) is 5.37. The Bertz CT molecular complexity index is 322. The number of ether oxygens (including phenoxy) is 1. The molecule has 4 heteroatoms. The van der Waals surface area contributed by atoms with E-state index in [2.05, 4.69) is 10.6 Å². The Morgan fingerprint density at radius 1 is 1.31 bits per heavy atom. The van der Waals surface area contributed by atoms with Crippen LogP contribution in [-0.2, 0) is 0 Å². The number of benzene rings is 1. The molecule has 0 saturated carbocycles. The molecule has 0 radical (unpaired) electrons. The van der Waals surface area contributed by atoms with Crippen LogP contribution < -0.4 is 15.4 Å². The van der Waals surface area contributed by atoms with Crippen molar-refractivity contribution in [1.82, 2.24) is 10.6 Å². The van der Waals surface area contributed by atoms with Crippen molar-refractivity contribution in [1.29, 1.82) is 0 Å². The zero-order valence-corrected chi connectivity index (χ0v) is 9.75. The lowest BCUT2D eigenvalue weighted by atomic mass is 10.2. The number of carbonyl (C=O) groups is 1. The maximum atomic E-state index is 10.8. The highest BCUT2D eigenvalue weighted by atomic mass is 16.5. The standard InChI is InChI=1S/C12H18N2O2/c1-10-4-6-11(7-5-10)16-9-3-8-14-12(15)13-2/h4-7H,3,8-9H2,1-2H3,(H2,13,14,15). The van der Waals surface area contributed by atoms with Crippen LogP contribution in [-0.4, -0.2) is 26.2 Å². The molecular weight excluding hydrogens is 204 g/mol. The van der Waals surface area contributed by atoms with Gasteiger partial charge in [-0.05, 0) is 25.5 Å². The van der Waals surface area contributed by atoms with Gasteiger partial charge in [0.2, 0.25) is 0 Å². The molecule has 0 aromatic heterocycles. The number of aryl methyl sites for hydroxylation is 1. The van der Waals surface area contributed by atoms with Gasteiger partial charge in [0.25, 0.3) is 0 Å². The second kappa shape index (κ2) is 6.71. The number of rotatable bonds is 5. The average molecular weight is 222 g/mol. The first kappa shape index (κ1) is 12.4. The molecule has 0 aliphatic heterocycles. The lowest BCUT2D eigenvalue weighted by Gasteiger charge is -2.07. The Morgan fingerprint density at radius 3 is 2.62 bits per heavy atom. The van der Waals surface area contributed by atoms with Gasteiger partial charge in [0.05, 0.1) is 6.61 Å². The third kappa shape index (κ3) is 4.68. The van der Waals surface area contributed by atoms with E-state index in [-0.39, 0.29) is 6.03 Å². The topological polar surface area (TPSA) is 50.4 Å². The van der Waals surface area contributed by atoms with Gasteiger partial charge in [0.15, 0.2) is 0 Å². The molecule has 0 fully saturated rings. The highest BCUT2D eigenvalue weighted by Crippen LogP contribution is 2.11. The van der Waals surface area contributed by atoms with Crippen LogP contribution in [0.5, 0.6) is 5.75 Å². The number of hydrogen-bond acceptors (Lipinski definition) is 2. The fourth-order valence-electron chi connectivity index (χ4n) is 1.19. The second-order valence-corrected chi connectivity index (χ2v) is 3.52. The quantitative estimate of drug-likeness (QED) is 0.745. The van der Waals surface area contributed by atoms with Gasteiger partial charge in [0, 0.05) is 13.6 Å². The van der Waals surface area contributed by atoms with Crippen LogP contribution in [0.3, 0.4) is 0 Å².